The maximum Gasteiger partial charge on any atom is 0.241 e. The number of benzene rings is 2. The Hall–Kier alpha value is -2.34. The molecule has 0 heterocycles. The lowest BCUT2D eigenvalue weighted by molar-refractivity contribution is -0.120. The summed E-state index contributed by atoms with van der Waals surface area (Å²) in [6.07, 6.45) is 1.91. The lowest BCUT2D eigenvalue weighted by atomic mass is 9.97. The normalized spacial score (nSPS) is 12.8. The fourth-order valence-electron chi connectivity index (χ4n) is 3.39. The molecule has 29 heavy (non-hydrogen) atoms. The lowest BCUT2D eigenvalue weighted by Gasteiger charge is -2.27. The second kappa shape index (κ2) is 9.92. The summed E-state index contributed by atoms with van der Waals surface area (Å²) in [6, 6.07) is 17.0. The molecule has 2 aromatic carbocycles. The van der Waals surface area contributed by atoms with Crippen molar-refractivity contribution in [1.29, 1.82) is 0 Å². The summed E-state index contributed by atoms with van der Waals surface area (Å²) in [7, 11) is -3.62. The second-order valence-electron chi connectivity index (χ2n) is 8.14. The number of nitrogens with one attached hydrogen (secondary N) is 1. The lowest BCUT2D eigenvalue weighted by Crippen LogP contribution is -2.42. The van der Waals surface area contributed by atoms with Crippen molar-refractivity contribution < 1.29 is 13.2 Å². The maximum absolute atomic E-state index is 12.9. The summed E-state index contributed by atoms with van der Waals surface area (Å²) in [5.74, 6) is 0.202. The molecule has 0 bridgehead atoms. The Bertz CT molecular complexity index is 909. The SMILES string of the molecule is CC(C)CC(NC(=O)CN(c1ccccc1C(C)C)S(C)(=O)=O)c1ccccc1. The Kier molecular flexibility index (Phi) is 7.85. The van der Waals surface area contributed by atoms with Gasteiger partial charge in [-0.25, -0.2) is 8.42 Å². The van der Waals surface area contributed by atoms with Crippen LogP contribution >= 0.6 is 0 Å². The van der Waals surface area contributed by atoms with E-state index < -0.39 is 10.0 Å². The number of hydrogen-bond donors (Lipinski definition) is 1. The highest BCUT2D eigenvalue weighted by Gasteiger charge is 2.25. The fraction of sp³-hybridized carbons (Fsp3) is 0.435. The number of carbonyl (C=O) groups excluding carboxylic acids is 1. The van der Waals surface area contributed by atoms with E-state index in [1.807, 2.05) is 56.3 Å². The second-order valence-corrected chi connectivity index (χ2v) is 10.1. The van der Waals surface area contributed by atoms with Crippen LogP contribution in [0, 0.1) is 5.92 Å². The van der Waals surface area contributed by atoms with Gasteiger partial charge in [-0.3, -0.25) is 9.10 Å². The van der Waals surface area contributed by atoms with Gasteiger partial charge < -0.3 is 5.32 Å². The zero-order valence-electron chi connectivity index (χ0n) is 17.9. The van der Waals surface area contributed by atoms with Gasteiger partial charge in [0.25, 0.3) is 0 Å². The first kappa shape index (κ1) is 22.9. The number of para-hydroxylation sites is 1. The Balaban J connectivity index is 2.29. The molecular formula is C23H32N2O3S. The van der Waals surface area contributed by atoms with Crippen molar-refractivity contribution in [2.45, 2.75) is 46.1 Å². The maximum atomic E-state index is 12.9. The molecule has 2 aromatic rings. The van der Waals surface area contributed by atoms with E-state index in [2.05, 4.69) is 19.2 Å². The highest BCUT2D eigenvalue weighted by atomic mass is 32.2. The van der Waals surface area contributed by atoms with Gasteiger partial charge in [0.2, 0.25) is 15.9 Å². The van der Waals surface area contributed by atoms with Crippen molar-refractivity contribution in [3.63, 3.8) is 0 Å². The van der Waals surface area contributed by atoms with Crippen LogP contribution in [0.3, 0.4) is 0 Å². The molecule has 1 N–H and O–H groups in total. The minimum atomic E-state index is -3.62. The van der Waals surface area contributed by atoms with Crippen LogP contribution in [0.25, 0.3) is 0 Å². The first-order valence-electron chi connectivity index (χ1n) is 10.0. The molecule has 1 unspecified atom stereocenters. The van der Waals surface area contributed by atoms with Crippen molar-refractivity contribution in [1.82, 2.24) is 5.32 Å². The molecular weight excluding hydrogens is 384 g/mol. The van der Waals surface area contributed by atoms with Crippen LogP contribution in [0.4, 0.5) is 5.69 Å². The van der Waals surface area contributed by atoms with Crippen molar-refractivity contribution >= 4 is 21.6 Å². The van der Waals surface area contributed by atoms with E-state index in [9.17, 15) is 13.2 Å². The van der Waals surface area contributed by atoms with Crippen LogP contribution in [0.1, 0.15) is 57.2 Å². The summed E-state index contributed by atoms with van der Waals surface area (Å²) in [4.78, 5) is 12.9. The quantitative estimate of drug-likeness (QED) is 0.655. The first-order chi connectivity index (χ1) is 13.6. The Morgan fingerprint density at radius 1 is 0.966 bits per heavy atom. The van der Waals surface area contributed by atoms with Crippen molar-refractivity contribution in [2.75, 3.05) is 17.1 Å². The van der Waals surface area contributed by atoms with Crippen LogP contribution in [0.2, 0.25) is 0 Å². The molecule has 0 spiro atoms. The van der Waals surface area contributed by atoms with Gasteiger partial charge in [0.1, 0.15) is 6.54 Å². The van der Waals surface area contributed by atoms with Crippen LogP contribution < -0.4 is 9.62 Å². The van der Waals surface area contributed by atoms with Crippen molar-refractivity contribution in [2.24, 2.45) is 5.92 Å². The zero-order chi connectivity index (χ0) is 21.6. The van der Waals surface area contributed by atoms with E-state index in [1.54, 1.807) is 12.1 Å². The molecule has 158 valence electrons. The Labute approximate surface area is 175 Å². The van der Waals surface area contributed by atoms with Gasteiger partial charge in [0.05, 0.1) is 18.0 Å². The van der Waals surface area contributed by atoms with Crippen LogP contribution in [-0.2, 0) is 14.8 Å². The molecule has 6 heteroatoms. The number of sulfonamides is 1. The van der Waals surface area contributed by atoms with E-state index in [0.29, 0.717) is 11.6 Å². The predicted molar refractivity (Wildman–Crippen MR) is 120 cm³/mol. The van der Waals surface area contributed by atoms with E-state index >= 15 is 0 Å². The highest BCUT2D eigenvalue weighted by molar-refractivity contribution is 7.92. The number of rotatable bonds is 9. The molecule has 0 saturated carbocycles. The van der Waals surface area contributed by atoms with Gasteiger partial charge in [0, 0.05) is 0 Å². The van der Waals surface area contributed by atoms with Gasteiger partial charge in [-0.1, -0.05) is 76.2 Å². The third kappa shape index (κ3) is 6.60. The first-order valence-corrected chi connectivity index (χ1v) is 11.8. The van der Waals surface area contributed by atoms with Gasteiger partial charge in [-0.2, -0.15) is 0 Å². The van der Waals surface area contributed by atoms with E-state index in [0.717, 1.165) is 23.8 Å². The van der Waals surface area contributed by atoms with E-state index in [4.69, 9.17) is 0 Å². The molecule has 0 aromatic heterocycles. The smallest absolute Gasteiger partial charge is 0.241 e. The van der Waals surface area contributed by atoms with E-state index in [1.165, 1.54) is 4.31 Å². The van der Waals surface area contributed by atoms with Gasteiger partial charge in [-0.15, -0.1) is 0 Å². The largest absolute Gasteiger partial charge is 0.348 e. The molecule has 1 amide bonds. The molecule has 1 atom stereocenters. The summed E-state index contributed by atoms with van der Waals surface area (Å²) in [5.41, 5.74) is 2.47. The number of nitrogens with zero attached hydrogens (tertiary/aromatic N) is 1. The molecule has 2 rings (SSSR count). The number of hydrogen-bond acceptors (Lipinski definition) is 3. The molecule has 0 saturated heterocycles. The summed E-state index contributed by atoms with van der Waals surface area (Å²) in [6.45, 7) is 7.97. The third-order valence-electron chi connectivity index (χ3n) is 4.76. The minimum Gasteiger partial charge on any atom is -0.348 e. The minimum absolute atomic E-state index is 0.136. The summed E-state index contributed by atoms with van der Waals surface area (Å²) < 4.78 is 26.2. The van der Waals surface area contributed by atoms with Gasteiger partial charge in [-0.05, 0) is 35.4 Å². The number of amides is 1. The van der Waals surface area contributed by atoms with Crippen LogP contribution in [-0.4, -0.2) is 27.1 Å². The van der Waals surface area contributed by atoms with Gasteiger partial charge >= 0.3 is 0 Å². The molecule has 5 nitrogen and oxygen atoms in total. The monoisotopic (exact) mass is 416 g/mol. The number of anilines is 1. The zero-order valence-corrected chi connectivity index (χ0v) is 18.7. The molecule has 0 radical (unpaired) electrons. The average Bonchev–Trinajstić information content (AvgIpc) is 2.65. The van der Waals surface area contributed by atoms with Crippen LogP contribution in [0.15, 0.2) is 54.6 Å². The summed E-state index contributed by atoms with van der Waals surface area (Å²) >= 11 is 0. The number of carbonyl (C=O) groups is 1. The Morgan fingerprint density at radius 3 is 2.10 bits per heavy atom. The Morgan fingerprint density at radius 2 is 1.55 bits per heavy atom. The predicted octanol–water partition coefficient (Wildman–Crippen LogP) is 4.48. The van der Waals surface area contributed by atoms with E-state index in [-0.39, 0.29) is 24.4 Å². The van der Waals surface area contributed by atoms with Crippen molar-refractivity contribution in [3.8, 4) is 0 Å². The van der Waals surface area contributed by atoms with Crippen molar-refractivity contribution in [3.05, 3.63) is 65.7 Å². The fourth-order valence-corrected chi connectivity index (χ4v) is 4.26. The molecule has 0 aliphatic carbocycles. The third-order valence-corrected chi connectivity index (χ3v) is 5.89. The average molecular weight is 417 g/mol. The summed E-state index contributed by atoms with van der Waals surface area (Å²) in [5, 5.41) is 3.04. The topological polar surface area (TPSA) is 66.5 Å². The molecule has 0 fully saturated rings. The molecule has 0 aliphatic heterocycles. The highest BCUT2D eigenvalue weighted by Crippen LogP contribution is 2.29. The standard InChI is InChI=1S/C23H32N2O3S/c1-17(2)15-21(19-11-7-6-8-12-19)24-23(26)16-25(29(5,27)28)22-14-10-9-13-20(22)18(3)4/h6-14,17-18,21H,15-16H2,1-5H3,(H,24,26). The molecule has 0 aliphatic rings. The van der Waals surface area contributed by atoms with Gasteiger partial charge in [0.15, 0.2) is 0 Å². The van der Waals surface area contributed by atoms with Crippen LogP contribution in [0.5, 0.6) is 0 Å².